The minimum absolute atomic E-state index is 0. The molecule has 4 aromatic rings. The zero-order chi connectivity index (χ0) is 22.5. The second-order valence-electron chi connectivity index (χ2n) is 7.64. The third kappa shape index (κ3) is 6.25. The van der Waals surface area contributed by atoms with Crippen molar-refractivity contribution in [2.75, 3.05) is 0 Å². The molecule has 0 saturated heterocycles. The number of benzene rings is 2. The van der Waals surface area contributed by atoms with Crippen LogP contribution in [0.15, 0.2) is 71.0 Å². The first-order chi connectivity index (χ1) is 14.7. The summed E-state index contributed by atoms with van der Waals surface area (Å²) in [7, 11) is 0. The Morgan fingerprint density at radius 1 is 1.06 bits per heavy atom. The second kappa shape index (κ2) is 11.0. The molecule has 0 amide bonds. The Morgan fingerprint density at radius 2 is 1.75 bits per heavy atom. The number of nitrogens with zero attached hydrogens (tertiary/aromatic N) is 1. The summed E-state index contributed by atoms with van der Waals surface area (Å²) in [6, 6.07) is 19.8. The average Bonchev–Trinajstić information content (AvgIpc) is 3.03. The van der Waals surface area contributed by atoms with Gasteiger partial charge in [0, 0.05) is 48.9 Å². The van der Waals surface area contributed by atoms with E-state index < -0.39 is 0 Å². The number of ketones is 1. The van der Waals surface area contributed by atoms with Crippen molar-refractivity contribution < 1.29 is 34.4 Å². The van der Waals surface area contributed by atoms with E-state index >= 15 is 0 Å². The first kappa shape index (κ1) is 25.3. The minimum Gasteiger partial charge on any atom is -0.512 e. The Kier molecular flexibility index (Phi) is 8.71. The van der Waals surface area contributed by atoms with Crippen LogP contribution in [0.25, 0.3) is 33.6 Å². The van der Waals surface area contributed by atoms with Crippen molar-refractivity contribution in [2.24, 2.45) is 0 Å². The third-order valence-electron chi connectivity index (χ3n) is 4.69. The Hall–Kier alpha value is -3.01. The molecular weight excluding hydrogens is 579 g/mol. The number of hydrogen-bond donors (Lipinski definition) is 1. The molecule has 0 aliphatic carbocycles. The summed E-state index contributed by atoms with van der Waals surface area (Å²) in [4.78, 5) is 14.7. The Labute approximate surface area is 202 Å². The summed E-state index contributed by atoms with van der Waals surface area (Å²) >= 11 is 0. The van der Waals surface area contributed by atoms with Crippen molar-refractivity contribution in [1.29, 1.82) is 0 Å². The Balaban J connectivity index is 0.000000398. The summed E-state index contributed by atoms with van der Waals surface area (Å²) in [5.41, 5.74) is 7.30. The summed E-state index contributed by atoms with van der Waals surface area (Å²) in [5, 5.41) is 9.42. The van der Waals surface area contributed by atoms with Crippen LogP contribution in [0.1, 0.15) is 30.5 Å². The molecule has 2 aromatic carbocycles. The number of rotatable bonds is 3. The molecular formula is C27H26IrNO3-. The summed E-state index contributed by atoms with van der Waals surface area (Å²) < 4.78 is 6.15. The second-order valence-corrected chi connectivity index (χ2v) is 7.64. The van der Waals surface area contributed by atoms with Gasteiger partial charge in [-0.3, -0.25) is 4.79 Å². The van der Waals surface area contributed by atoms with Crippen LogP contribution in [-0.4, -0.2) is 15.9 Å². The predicted molar refractivity (Wildman–Crippen MR) is 125 cm³/mol. The standard InChI is InChI=1S/C22H18NO.C5H8O2.Ir/c1-14-9-15(2)11-18(10-14)20-12-21-19(13-23-20)16(3)22(24-21)17-7-5-4-6-8-17;1-4(6)3-5(2)7;/h4-10,12-13H,1-3H3;3,6H,1-2H3;/q-1;;/b;4-3-;. The van der Waals surface area contributed by atoms with E-state index in [-0.39, 0.29) is 31.6 Å². The molecule has 0 fully saturated rings. The zero-order valence-corrected chi connectivity index (χ0v) is 21.2. The number of hydrogen-bond acceptors (Lipinski definition) is 4. The fourth-order valence-corrected chi connectivity index (χ4v) is 3.45. The number of carbonyl (C=O) groups excluding carboxylic acids is 1. The van der Waals surface area contributed by atoms with Crippen LogP contribution in [-0.2, 0) is 24.9 Å². The molecule has 32 heavy (non-hydrogen) atoms. The Morgan fingerprint density at radius 3 is 2.31 bits per heavy atom. The van der Waals surface area contributed by atoms with Crippen molar-refractivity contribution in [1.82, 2.24) is 4.98 Å². The molecule has 1 radical (unpaired) electrons. The zero-order valence-electron chi connectivity index (χ0n) is 18.8. The van der Waals surface area contributed by atoms with E-state index in [0.717, 1.165) is 44.7 Å². The predicted octanol–water partition coefficient (Wildman–Crippen LogP) is 6.92. The van der Waals surface area contributed by atoms with Crippen LogP contribution >= 0.6 is 0 Å². The molecule has 4 nitrogen and oxygen atoms in total. The monoisotopic (exact) mass is 605 g/mol. The molecule has 0 saturated carbocycles. The molecule has 0 bridgehead atoms. The van der Waals surface area contributed by atoms with Crippen molar-refractivity contribution >= 4 is 16.8 Å². The first-order valence-corrected chi connectivity index (χ1v) is 10.1. The molecule has 0 aliphatic heterocycles. The molecule has 2 heterocycles. The summed E-state index contributed by atoms with van der Waals surface area (Å²) in [5.74, 6) is 0.849. The maximum absolute atomic E-state index is 10.0. The number of aliphatic hydroxyl groups excluding tert-OH is 1. The van der Waals surface area contributed by atoms with E-state index in [1.165, 1.54) is 25.5 Å². The molecule has 0 atom stereocenters. The fourth-order valence-electron chi connectivity index (χ4n) is 3.45. The number of carbonyl (C=O) groups is 1. The SMILES string of the molecule is CC(=O)/C=C(/C)O.Cc1[c-]c(-c2cc3oc(-c4ccccc4)c(C)c3cn2)cc(C)c1.[Ir]. The first-order valence-electron chi connectivity index (χ1n) is 10.1. The number of pyridine rings is 1. The quantitative estimate of drug-likeness (QED) is 0.157. The normalized spacial score (nSPS) is 10.8. The third-order valence-corrected chi connectivity index (χ3v) is 4.69. The number of aromatic nitrogens is 1. The number of aryl methyl sites for hydroxylation is 3. The number of fused-ring (bicyclic) bond motifs is 1. The molecule has 5 heteroatoms. The van der Waals surface area contributed by atoms with Crippen molar-refractivity contribution in [3.63, 3.8) is 0 Å². The molecule has 2 aromatic heterocycles. The average molecular weight is 605 g/mol. The van der Waals surface area contributed by atoms with Crippen LogP contribution < -0.4 is 0 Å². The van der Waals surface area contributed by atoms with Gasteiger partial charge in [0.15, 0.2) is 5.78 Å². The van der Waals surface area contributed by atoms with Gasteiger partial charge in [-0.15, -0.1) is 34.9 Å². The smallest absolute Gasteiger partial charge is 0.155 e. The maximum atomic E-state index is 10.0. The topological polar surface area (TPSA) is 63.3 Å². The van der Waals surface area contributed by atoms with Crippen LogP contribution in [0.4, 0.5) is 0 Å². The van der Waals surface area contributed by atoms with Gasteiger partial charge >= 0.3 is 0 Å². The van der Waals surface area contributed by atoms with Gasteiger partial charge in [-0.05, 0) is 32.5 Å². The van der Waals surface area contributed by atoms with Crippen LogP contribution in [0.3, 0.4) is 0 Å². The maximum Gasteiger partial charge on any atom is 0.155 e. The van der Waals surface area contributed by atoms with Gasteiger partial charge in [0.2, 0.25) is 0 Å². The van der Waals surface area contributed by atoms with Crippen LogP contribution in [0, 0.1) is 26.8 Å². The molecule has 0 spiro atoms. The van der Waals surface area contributed by atoms with E-state index in [9.17, 15) is 4.79 Å². The van der Waals surface area contributed by atoms with E-state index in [4.69, 9.17) is 9.52 Å². The summed E-state index contributed by atoms with van der Waals surface area (Å²) in [6.07, 6.45) is 3.07. The Bertz CT molecular complexity index is 1230. The molecule has 0 unspecified atom stereocenters. The number of furan rings is 1. The van der Waals surface area contributed by atoms with Gasteiger partial charge in [0.25, 0.3) is 0 Å². The van der Waals surface area contributed by atoms with Gasteiger partial charge in [0.05, 0.1) is 5.76 Å². The van der Waals surface area contributed by atoms with Crippen molar-refractivity contribution in [3.8, 4) is 22.6 Å². The number of aliphatic hydroxyl groups is 1. The molecule has 4 rings (SSSR count). The van der Waals surface area contributed by atoms with E-state index in [1.54, 1.807) is 0 Å². The van der Waals surface area contributed by atoms with Crippen LogP contribution in [0.2, 0.25) is 0 Å². The van der Waals surface area contributed by atoms with E-state index in [2.05, 4.69) is 56.1 Å². The molecule has 1 N–H and O–H groups in total. The molecule has 167 valence electrons. The van der Waals surface area contributed by atoms with Gasteiger partial charge in [-0.1, -0.05) is 44.2 Å². The van der Waals surface area contributed by atoms with Crippen molar-refractivity contribution in [2.45, 2.75) is 34.6 Å². The minimum atomic E-state index is -0.125. The number of allylic oxidation sites excluding steroid dienone is 2. The van der Waals surface area contributed by atoms with E-state index in [1.807, 2.05) is 30.5 Å². The summed E-state index contributed by atoms with van der Waals surface area (Å²) in [6.45, 7) is 9.08. The molecule has 0 aliphatic rings. The fraction of sp³-hybridized carbons (Fsp3) is 0.185. The van der Waals surface area contributed by atoms with Crippen molar-refractivity contribution in [3.05, 3.63) is 89.3 Å². The van der Waals surface area contributed by atoms with E-state index in [0.29, 0.717) is 0 Å². The van der Waals surface area contributed by atoms with Gasteiger partial charge in [0.1, 0.15) is 11.3 Å². The van der Waals surface area contributed by atoms with Gasteiger partial charge in [-0.2, -0.15) is 0 Å². The van der Waals surface area contributed by atoms with Gasteiger partial charge in [-0.25, -0.2) is 0 Å². The van der Waals surface area contributed by atoms with Gasteiger partial charge < -0.3 is 14.5 Å². The largest absolute Gasteiger partial charge is 0.512 e. The van der Waals surface area contributed by atoms with Crippen LogP contribution in [0.5, 0.6) is 0 Å².